The quantitative estimate of drug-likeness (QED) is 0.275. The first-order valence-electron chi connectivity index (χ1n) is 11.7. The summed E-state index contributed by atoms with van der Waals surface area (Å²) in [5, 5.41) is 21.3. The lowest BCUT2D eigenvalue weighted by Crippen LogP contribution is -2.50. The lowest BCUT2D eigenvalue weighted by molar-refractivity contribution is -0.141. The van der Waals surface area contributed by atoms with E-state index in [9.17, 15) is 14.7 Å². The molecule has 7 nitrogen and oxygen atoms in total. The van der Waals surface area contributed by atoms with E-state index < -0.39 is 12.1 Å². The van der Waals surface area contributed by atoms with Crippen LogP contribution in [0.1, 0.15) is 59.8 Å². The van der Waals surface area contributed by atoms with E-state index in [1.54, 1.807) is 6.92 Å². The van der Waals surface area contributed by atoms with E-state index in [0.29, 0.717) is 12.8 Å². The first kappa shape index (κ1) is 27.0. The lowest BCUT2D eigenvalue weighted by Gasteiger charge is -2.39. The summed E-state index contributed by atoms with van der Waals surface area (Å²) in [5.41, 5.74) is 2.11. The van der Waals surface area contributed by atoms with Gasteiger partial charge in [-0.15, -0.1) is 0 Å². The van der Waals surface area contributed by atoms with Gasteiger partial charge in [0.25, 0.3) is 0 Å². The van der Waals surface area contributed by atoms with Gasteiger partial charge in [0.15, 0.2) is 0 Å². The zero-order chi connectivity index (χ0) is 24.5. The van der Waals surface area contributed by atoms with Crippen molar-refractivity contribution in [1.29, 1.82) is 0 Å². The van der Waals surface area contributed by atoms with Crippen molar-refractivity contribution >= 4 is 11.9 Å². The highest BCUT2D eigenvalue weighted by atomic mass is 16.5. The van der Waals surface area contributed by atoms with Gasteiger partial charge in [-0.3, -0.25) is 9.59 Å². The molecule has 0 radical (unpaired) electrons. The number of hydrogen-bond acceptors (Lipinski definition) is 5. The second kappa shape index (κ2) is 12.9. The molecular weight excluding hydrogens is 422 g/mol. The molecule has 184 valence electrons. The number of allylic oxidation sites excluding steroid dienone is 2. The van der Waals surface area contributed by atoms with E-state index in [-0.39, 0.29) is 48.7 Å². The minimum absolute atomic E-state index is 0.00837. The van der Waals surface area contributed by atoms with Gasteiger partial charge in [0, 0.05) is 6.08 Å². The van der Waals surface area contributed by atoms with Crippen molar-refractivity contribution < 1.29 is 29.3 Å². The molecule has 2 rings (SSSR count). The van der Waals surface area contributed by atoms with Gasteiger partial charge in [0.05, 0.1) is 43.0 Å². The molecular formula is C26H39NO6. The molecule has 0 spiro atoms. The summed E-state index contributed by atoms with van der Waals surface area (Å²) in [6, 6.07) is -0.0670. The van der Waals surface area contributed by atoms with Crippen molar-refractivity contribution in [2.75, 3.05) is 0 Å². The van der Waals surface area contributed by atoms with E-state index in [4.69, 9.17) is 14.6 Å². The van der Waals surface area contributed by atoms with Crippen LogP contribution in [0.15, 0.2) is 48.1 Å². The number of amides is 1. The second-order valence-corrected chi connectivity index (χ2v) is 9.40. The Kier molecular flexibility index (Phi) is 10.5. The molecule has 3 N–H and O–H groups in total. The maximum absolute atomic E-state index is 12.0. The van der Waals surface area contributed by atoms with Crippen LogP contribution in [0.5, 0.6) is 0 Å². The molecule has 0 bridgehead atoms. The van der Waals surface area contributed by atoms with Crippen LogP contribution in [0, 0.1) is 5.92 Å². The minimum Gasteiger partial charge on any atom is -0.481 e. The Morgan fingerprint density at radius 1 is 1.24 bits per heavy atom. The zero-order valence-electron chi connectivity index (χ0n) is 20.2. The van der Waals surface area contributed by atoms with Gasteiger partial charge in [-0.05, 0) is 52.4 Å². The Morgan fingerprint density at radius 2 is 1.97 bits per heavy atom. The summed E-state index contributed by atoms with van der Waals surface area (Å²) in [6.45, 7) is 11.8. The van der Waals surface area contributed by atoms with Crippen molar-refractivity contribution in [2.24, 2.45) is 5.92 Å². The number of carboxylic acid groups (broad SMARTS) is 1. The molecule has 2 fully saturated rings. The van der Waals surface area contributed by atoms with Crippen molar-refractivity contribution in [3.63, 3.8) is 0 Å². The van der Waals surface area contributed by atoms with E-state index in [1.807, 2.05) is 26.0 Å². The number of aliphatic hydroxyl groups is 1. The molecule has 1 amide bonds. The summed E-state index contributed by atoms with van der Waals surface area (Å²) in [6.07, 6.45) is 10.7. The molecule has 0 aromatic rings. The van der Waals surface area contributed by atoms with E-state index in [2.05, 4.69) is 24.9 Å². The van der Waals surface area contributed by atoms with Gasteiger partial charge >= 0.3 is 5.97 Å². The third-order valence-electron chi connectivity index (χ3n) is 6.09. The van der Waals surface area contributed by atoms with Crippen LogP contribution in [0.4, 0.5) is 0 Å². The fourth-order valence-corrected chi connectivity index (χ4v) is 4.26. The summed E-state index contributed by atoms with van der Waals surface area (Å²) in [7, 11) is 0. The number of carbonyl (C=O) groups excluding carboxylic acids is 1. The van der Waals surface area contributed by atoms with Crippen molar-refractivity contribution in [3.05, 3.63) is 48.1 Å². The Labute approximate surface area is 197 Å². The molecule has 0 aromatic carbocycles. The fraction of sp³-hybridized carbons (Fsp3) is 0.615. The van der Waals surface area contributed by atoms with Crippen LogP contribution in [-0.4, -0.2) is 58.7 Å². The Morgan fingerprint density at radius 3 is 2.64 bits per heavy atom. The smallest absolute Gasteiger partial charge is 0.305 e. The highest BCUT2D eigenvalue weighted by Gasteiger charge is 2.33. The molecule has 2 heterocycles. The number of ether oxygens (including phenoxy) is 2. The number of nitrogens with one attached hydrogen (secondary N) is 1. The number of carbonyl (C=O) groups is 2. The molecule has 0 aliphatic carbocycles. The van der Waals surface area contributed by atoms with Crippen molar-refractivity contribution in [3.8, 4) is 0 Å². The van der Waals surface area contributed by atoms with Crippen LogP contribution in [0.2, 0.25) is 0 Å². The Balaban J connectivity index is 1.85. The van der Waals surface area contributed by atoms with Crippen LogP contribution >= 0.6 is 0 Å². The predicted molar refractivity (Wildman–Crippen MR) is 128 cm³/mol. The van der Waals surface area contributed by atoms with Gasteiger partial charge in [-0.1, -0.05) is 49.0 Å². The average Bonchev–Trinajstić information content (AvgIpc) is 2.71. The van der Waals surface area contributed by atoms with E-state index in [0.717, 1.165) is 24.0 Å². The lowest BCUT2D eigenvalue weighted by atomic mass is 9.88. The van der Waals surface area contributed by atoms with Gasteiger partial charge in [-0.2, -0.15) is 0 Å². The Hall–Kier alpha value is -2.22. The molecule has 2 aliphatic rings. The SMILES string of the molecule is C=C1C[C@@H](CC(=O)O)O[C@H](/C=C/C(C)=C/C[C@@H]2O[C@H](C)[C@H](NC(=O)/C=C\[C@H](C)O)C[C@@H]2C)C1. The molecule has 0 aromatic heterocycles. The summed E-state index contributed by atoms with van der Waals surface area (Å²) in [4.78, 5) is 23.0. The normalized spacial score (nSPS) is 32.3. The first-order chi connectivity index (χ1) is 15.5. The number of rotatable bonds is 9. The number of hydrogen-bond donors (Lipinski definition) is 3. The van der Waals surface area contributed by atoms with Crippen LogP contribution in [-0.2, 0) is 19.1 Å². The molecule has 7 atom stereocenters. The molecule has 2 saturated heterocycles. The molecule has 33 heavy (non-hydrogen) atoms. The number of aliphatic hydroxyl groups excluding tert-OH is 1. The molecule has 0 unspecified atom stereocenters. The van der Waals surface area contributed by atoms with Crippen LogP contribution in [0.25, 0.3) is 0 Å². The maximum Gasteiger partial charge on any atom is 0.305 e. The highest BCUT2D eigenvalue weighted by Crippen LogP contribution is 2.28. The Bertz CT molecular complexity index is 782. The second-order valence-electron chi connectivity index (χ2n) is 9.40. The zero-order valence-corrected chi connectivity index (χ0v) is 20.2. The fourth-order valence-electron chi connectivity index (χ4n) is 4.26. The summed E-state index contributed by atoms with van der Waals surface area (Å²) >= 11 is 0. The maximum atomic E-state index is 12.0. The van der Waals surface area contributed by atoms with Gasteiger partial charge in [0.2, 0.25) is 5.91 Å². The van der Waals surface area contributed by atoms with Gasteiger partial charge in [0.1, 0.15) is 0 Å². The highest BCUT2D eigenvalue weighted by molar-refractivity contribution is 5.87. The van der Waals surface area contributed by atoms with Crippen molar-refractivity contribution in [1.82, 2.24) is 5.32 Å². The monoisotopic (exact) mass is 461 g/mol. The molecule has 0 saturated carbocycles. The summed E-state index contributed by atoms with van der Waals surface area (Å²) < 4.78 is 12.1. The van der Waals surface area contributed by atoms with Gasteiger partial charge in [-0.25, -0.2) is 0 Å². The van der Waals surface area contributed by atoms with E-state index in [1.165, 1.54) is 12.2 Å². The van der Waals surface area contributed by atoms with Crippen molar-refractivity contribution in [2.45, 2.75) is 96.4 Å². The average molecular weight is 462 g/mol. The molecule has 7 heteroatoms. The third kappa shape index (κ3) is 9.66. The predicted octanol–water partition coefficient (Wildman–Crippen LogP) is 3.69. The molecule has 2 aliphatic heterocycles. The van der Waals surface area contributed by atoms with E-state index >= 15 is 0 Å². The van der Waals surface area contributed by atoms with Crippen LogP contribution < -0.4 is 5.32 Å². The third-order valence-corrected chi connectivity index (χ3v) is 6.09. The number of aliphatic carboxylic acids is 1. The number of carboxylic acids is 1. The van der Waals surface area contributed by atoms with Crippen LogP contribution in [0.3, 0.4) is 0 Å². The summed E-state index contributed by atoms with van der Waals surface area (Å²) in [5.74, 6) is -0.800. The standard InChI is InChI=1S/C26H39NO6/c1-16(6-9-21-12-17(2)13-22(33-21)15-26(30)31)7-10-24-18(3)14-23(20(5)32-24)27-25(29)11-8-19(4)28/h6-9,11,18-24,28H,2,10,12-15H2,1,3-5H3,(H,27,29)(H,30,31)/b9-6+,11-8-,16-7+/t18-,19-,20+,21+,22-,23+,24-/m0/s1. The first-order valence-corrected chi connectivity index (χ1v) is 11.7. The van der Waals surface area contributed by atoms with Gasteiger partial charge < -0.3 is 25.0 Å². The largest absolute Gasteiger partial charge is 0.481 e. The topological polar surface area (TPSA) is 105 Å². The minimum atomic E-state index is -0.859.